The van der Waals surface area contributed by atoms with Crippen molar-refractivity contribution in [3.63, 3.8) is 0 Å². The first-order chi connectivity index (χ1) is 8.78. The second kappa shape index (κ2) is 4.87. The molecule has 1 saturated carbocycles. The minimum Gasteiger partial charge on any atom is -0.478 e. The van der Waals surface area contributed by atoms with E-state index in [-0.39, 0.29) is 0 Å². The molecule has 0 radical (unpaired) electrons. The minimum absolute atomic E-state index is 0.350. The van der Waals surface area contributed by atoms with Gasteiger partial charge in [0.15, 0.2) is 0 Å². The summed E-state index contributed by atoms with van der Waals surface area (Å²) in [4.78, 5) is 10.9. The normalized spacial score (nSPS) is 25.3. The minimum atomic E-state index is -0.870. The van der Waals surface area contributed by atoms with E-state index in [0.29, 0.717) is 22.9 Å². The Balaban J connectivity index is 2.14. The van der Waals surface area contributed by atoms with Gasteiger partial charge >= 0.3 is 5.97 Å². The van der Waals surface area contributed by atoms with Crippen molar-refractivity contribution in [1.29, 1.82) is 0 Å². The lowest BCUT2D eigenvalue weighted by Crippen LogP contribution is -2.23. The van der Waals surface area contributed by atoms with E-state index in [2.05, 4.69) is 26.1 Å². The lowest BCUT2D eigenvalue weighted by atomic mass is 9.91. The second-order valence-electron chi connectivity index (χ2n) is 6.64. The molecule has 0 aliphatic heterocycles. The van der Waals surface area contributed by atoms with E-state index in [9.17, 15) is 4.79 Å². The molecule has 0 amide bonds. The predicted molar refractivity (Wildman–Crippen MR) is 77.7 cm³/mol. The SMILES string of the molecule is Cc1cc(C(=O)O)ccc1NC1CC(C)(C)CC1C. The van der Waals surface area contributed by atoms with Crippen LogP contribution in [0.4, 0.5) is 5.69 Å². The Morgan fingerprint density at radius 1 is 1.37 bits per heavy atom. The van der Waals surface area contributed by atoms with Crippen LogP contribution in [0.5, 0.6) is 0 Å². The van der Waals surface area contributed by atoms with Crippen LogP contribution >= 0.6 is 0 Å². The summed E-state index contributed by atoms with van der Waals surface area (Å²) >= 11 is 0. The van der Waals surface area contributed by atoms with Gasteiger partial charge in [0.25, 0.3) is 0 Å². The van der Waals surface area contributed by atoms with Crippen LogP contribution in [0.15, 0.2) is 18.2 Å². The average Bonchev–Trinajstić information content (AvgIpc) is 2.54. The fourth-order valence-electron chi connectivity index (χ4n) is 3.25. The molecule has 0 saturated heterocycles. The third kappa shape index (κ3) is 3.09. The van der Waals surface area contributed by atoms with Crippen molar-refractivity contribution in [3.05, 3.63) is 29.3 Å². The molecule has 2 unspecified atom stereocenters. The van der Waals surface area contributed by atoms with E-state index in [0.717, 1.165) is 17.7 Å². The van der Waals surface area contributed by atoms with E-state index in [1.165, 1.54) is 6.42 Å². The van der Waals surface area contributed by atoms with Crippen molar-refractivity contribution < 1.29 is 9.90 Å². The van der Waals surface area contributed by atoms with Gasteiger partial charge in [0, 0.05) is 11.7 Å². The molecule has 0 aromatic heterocycles. The van der Waals surface area contributed by atoms with E-state index in [1.807, 2.05) is 13.0 Å². The summed E-state index contributed by atoms with van der Waals surface area (Å²) in [6.07, 6.45) is 2.39. The molecule has 1 aromatic carbocycles. The molecule has 0 heterocycles. The standard InChI is InChI=1S/C16H23NO2/c1-10-7-12(15(18)19)5-6-13(10)17-14-9-16(3,4)8-11(14)2/h5-7,11,14,17H,8-9H2,1-4H3,(H,18,19). The fourth-order valence-corrected chi connectivity index (χ4v) is 3.25. The van der Waals surface area contributed by atoms with Gasteiger partial charge in [-0.3, -0.25) is 0 Å². The number of nitrogens with one attached hydrogen (secondary N) is 1. The summed E-state index contributed by atoms with van der Waals surface area (Å²) in [5.41, 5.74) is 2.80. The Morgan fingerprint density at radius 2 is 2.05 bits per heavy atom. The maximum Gasteiger partial charge on any atom is 0.335 e. The van der Waals surface area contributed by atoms with E-state index in [4.69, 9.17) is 5.11 Å². The molecule has 1 aliphatic rings. The number of rotatable bonds is 3. The molecule has 0 bridgehead atoms. The number of carboxylic acid groups (broad SMARTS) is 1. The third-order valence-corrected chi connectivity index (χ3v) is 4.15. The van der Waals surface area contributed by atoms with Gasteiger partial charge in [-0.25, -0.2) is 4.79 Å². The highest BCUT2D eigenvalue weighted by Crippen LogP contribution is 2.42. The van der Waals surface area contributed by atoms with Gasteiger partial charge in [-0.1, -0.05) is 20.8 Å². The zero-order valence-corrected chi connectivity index (χ0v) is 12.2. The predicted octanol–water partition coefficient (Wildman–Crippen LogP) is 3.93. The number of aryl methyl sites for hydroxylation is 1. The van der Waals surface area contributed by atoms with Crippen molar-refractivity contribution in [2.24, 2.45) is 11.3 Å². The number of hydrogen-bond acceptors (Lipinski definition) is 2. The van der Waals surface area contributed by atoms with Crippen molar-refractivity contribution in [3.8, 4) is 0 Å². The summed E-state index contributed by atoms with van der Waals surface area (Å²) in [5.74, 6) is -0.224. The summed E-state index contributed by atoms with van der Waals surface area (Å²) in [6.45, 7) is 8.87. The van der Waals surface area contributed by atoms with E-state index >= 15 is 0 Å². The fraction of sp³-hybridized carbons (Fsp3) is 0.562. The van der Waals surface area contributed by atoms with E-state index < -0.39 is 5.97 Å². The molecule has 0 spiro atoms. The van der Waals surface area contributed by atoms with Crippen LogP contribution < -0.4 is 5.32 Å². The molecule has 1 aliphatic carbocycles. The number of carbonyl (C=O) groups is 1. The molecule has 1 fully saturated rings. The summed E-state index contributed by atoms with van der Waals surface area (Å²) in [7, 11) is 0. The highest BCUT2D eigenvalue weighted by Gasteiger charge is 2.36. The van der Waals surface area contributed by atoms with Crippen LogP contribution in [0.2, 0.25) is 0 Å². The zero-order chi connectivity index (χ0) is 14.2. The maximum absolute atomic E-state index is 10.9. The van der Waals surface area contributed by atoms with Gasteiger partial charge < -0.3 is 10.4 Å². The second-order valence-corrected chi connectivity index (χ2v) is 6.64. The highest BCUT2D eigenvalue weighted by molar-refractivity contribution is 5.88. The molecule has 104 valence electrons. The molecule has 2 N–H and O–H groups in total. The van der Waals surface area contributed by atoms with Crippen LogP contribution in [0.25, 0.3) is 0 Å². The average molecular weight is 261 g/mol. The molecule has 2 rings (SSSR count). The number of carboxylic acids is 1. The van der Waals surface area contributed by atoms with Crippen LogP contribution in [-0.4, -0.2) is 17.1 Å². The van der Waals surface area contributed by atoms with Gasteiger partial charge in [-0.2, -0.15) is 0 Å². The molecule has 19 heavy (non-hydrogen) atoms. The molecular formula is C16H23NO2. The highest BCUT2D eigenvalue weighted by atomic mass is 16.4. The molecule has 2 atom stereocenters. The Bertz CT molecular complexity index is 494. The van der Waals surface area contributed by atoms with E-state index in [1.54, 1.807) is 12.1 Å². The first kappa shape index (κ1) is 13.9. The Labute approximate surface area is 115 Å². The largest absolute Gasteiger partial charge is 0.478 e. The third-order valence-electron chi connectivity index (χ3n) is 4.15. The lowest BCUT2D eigenvalue weighted by Gasteiger charge is -2.21. The summed E-state index contributed by atoms with van der Waals surface area (Å²) in [5, 5.41) is 12.6. The molecular weight excluding hydrogens is 238 g/mol. The van der Waals surface area contributed by atoms with Crippen molar-refractivity contribution in [2.45, 2.75) is 46.6 Å². The topological polar surface area (TPSA) is 49.3 Å². The van der Waals surface area contributed by atoms with Gasteiger partial charge in [0.05, 0.1) is 5.56 Å². The Morgan fingerprint density at radius 3 is 2.53 bits per heavy atom. The van der Waals surface area contributed by atoms with Crippen LogP contribution in [-0.2, 0) is 0 Å². The van der Waals surface area contributed by atoms with Gasteiger partial charge in [0.2, 0.25) is 0 Å². The quantitative estimate of drug-likeness (QED) is 0.866. The lowest BCUT2D eigenvalue weighted by molar-refractivity contribution is 0.0697. The molecule has 3 nitrogen and oxygen atoms in total. The molecule has 1 aromatic rings. The Kier molecular flexibility index (Phi) is 3.57. The zero-order valence-electron chi connectivity index (χ0n) is 12.2. The monoisotopic (exact) mass is 261 g/mol. The van der Waals surface area contributed by atoms with Gasteiger partial charge in [-0.15, -0.1) is 0 Å². The summed E-state index contributed by atoms with van der Waals surface area (Å²) < 4.78 is 0. The number of anilines is 1. The number of hydrogen-bond donors (Lipinski definition) is 2. The van der Waals surface area contributed by atoms with Gasteiger partial charge in [0.1, 0.15) is 0 Å². The molecule has 3 heteroatoms. The number of aromatic carboxylic acids is 1. The van der Waals surface area contributed by atoms with Gasteiger partial charge in [-0.05, 0) is 54.9 Å². The van der Waals surface area contributed by atoms with Crippen LogP contribution in [0, 0.1) is 18.3 Å². The first-order valence-electron chi connectivity index (χ1n) is 6.89. The van der Waals surface area contributed by atoms with Crippen molar-refractivity contribution >= 4 is 11.7 Å². The van der Waals surface area contributed by atoms with Crippen molar-refractivity contribution in [2.75, 3.05) is 5.32 Å². The maximum atomic E-state index is 10.9. The van der Waals surface area contributed by atoms with Crippen LogP contribution in [0.1, 0.15) is 49.5 Å². The van der Waals surface area contributed by atoms with Crippen molar-refractivity contribution in [1.82, 2.24) is 0 Å². The summed E-state index contributed by atoms with van der Waals surface area (Å²) in [6, 6.07) is 5.76. The van der Waals surface area contributed by atoms with Crippen LogP contribution in [0.3, 0.4) is 0 Å². The Hall–Kier alpha value is -1.51. The first-order valence-corrected chi connectivity index (χ1v) is 6.89. The smallest absolute Gasteiger partial charge is 0.335 e. The number of benzene rings is 1.